The lowest BCUT2D eigenvalue weighted by Gasteiger charge is -2.24. The summed E-state index contributed by atoms with van der Waals surface area (Å²) < 4.78 is 27.9. The van der Waals surface area contributed by atoms with Crippen LogP contribution in [-0.4, -0.2) is 44.9 Å². The normalized spacial score (nSPS) is 15.2. The molecule has 0 saturated heterocycles. The first-order valence-corrected chi connectivity index (χ1v) is 11.5. The quantitative estimate of drug-likeness (QED) is 0.630. The molecule has 1 atom stereocenters. The van der Waals surface area contributed by atoms with Crippen LogP contribution in [0.1, 0.15) is 30.1 Å². The fraction of sp³-hybridized carbons (Fsp3) is 0.350. The number of anilines is 1. The number of likely N-dealkylation sites (N-methyl/N-ethyl adjacent to an activating group) is 1. The van der Waals surface area contributed by atoms with Crippen molar-refractivity contribution in [3.8, 4) is 0 Å². The molecule has 1 aliphatic rings. The summed E-state index contributed by atoms with van der Waals surface area (Å²) in [6.45, 7) is 2.52. The molecule has 0 heterocycles. The van der Waals surface area contributed by atoms with Gasteiger partial charge in [-0.05, 0) is 69.3 Å². The molecule has 0 spiro atoms. The zero-order valence-electron chi connectivity index (χ0n) is 16.2. The van der Waals surface area contributed by atoms with Gasteiger partial charge < -0.3 is 5.32 Å². The summed E-state index contributed by atoms with van der Waals surface area (Å²) >= 11 is 11.9. The summed E-state index contributed by atoms with van der Waals surface area (Å²) in [6, 6.07) is 11.2. The second kappa shape index (κ2) is 8.92. The molecule has 1 amide bonds. The molecular formula is C20H23Cl2N3O3S. The Morgan fingerprint density at radius 2 is 1.83 bits per heavy atom. The molecule has 0 aromatic heterocycles. The van der Waals surface area contributed by atoms with Crippen LogP contribution in [0.4, 0.5) is 5.69 Å². The van der Waals surface area contributed by atoms with Crippen molar-refractivity contribution in [2.24, 2.45) is 0 Å². The van der Waals surface area contributed by atoms with Gasteiger partial charge in [-0.15, -0.1) is 0 Å². The van der Waals surface area contributed by atoms with Gasteiger partial charge in [-0.1, -0.05) is 23.2 Å². The average molecular weight is 456 g/mol. The minimum absolute atomic E-state index is 0.0323. The van der Waals surface area contributed by atoms with E-state index in [4.69, 9.17) is 23.2 Å². The third kappa shape index (κ3) is 5.63. The molecular weight excluding hydrogens is 433 g/mol. The number of carbonyl (C=O) groups excluding carboxylic acids is 1. The van der Waals surface area contributed by atoms with E-state index in [-0.39, 0.29) is 27.4 Å². The number of halogens is 2. The van der Waals surface area contributed by atoms with Crippen LogP contribution in [0.2, 0.25) is 10.0 Å². The minimum Gasteiger partial charge on any atom is -0.350 e. The summed E-state index contributed by atoms with van der Waals surface area (Å²) in [4.78, 5) is 14.6. The zero-order valence-corrected chi connectivity index (χ0v) is 18.5. The highest BCUT2D eigenvalue weighted by Crippen LogP contribution is 2.27. The molecule has 3 rings (SSSR count). The molecule has 1 aliphatic carbocycles. The van der Waals surface area contributed by atoms with E-state index in [9.17, 15) is 13.2 Å². The van der Waals surface area contributed by atoms with Crippen molar-refractivity contribution in [2.45, 2.75) is 36.7 Å². The van der Waals surface area contributed by atoms with Crippen LogP contribution in [0, 0.1) is 0 Å². The third-order valence-electron chi connectivity index (χ3n) is 4.96. The predicted octanol–water partition coefficient (Wildman–Crippen LogP) is 4.01. The Hall–Kier alpha value is -1.80. The third-order valence-corrected chi connectivity index (χ3v) is 7.07. The van der Waals surface area contributed by atoms with E-state index in [1.54, 1.807) is 24.3 Å². The number of sulfonamides is 1. The number of benzene rings is 2. The highest BCUT2D eigenvalue weighted by Gasteiger charge is 2.29. The molecule has 1 fully saturated rings. The second-order valence-electron chi connectivity index (χ2n) is 7.21. The Kier molecular flexibility index (Phi) is 6.73. The first-order valence-electron chi connectivity index (χ1n) is 9.25. The van der Waals surface area contributed by atoms with E-state index in [0.29, 0.717) is 23.3 Å². The van der Waals surface area contributed by atoms with E-state index in [2.05, 4.69) is 14.9 Å². The number of nitrogens with one attached hydrogen (secondary N) is 2. The van der Waals surface area contributed by atoms with Gasteiger partial charge in [0.15, 0.2) is 0 Å². The van der Waals surface area contributed by atoms with E-state index < -0.39 is 10.0 Å². The van der Waals surface area contributed by atoms with Gasteiger partial charge in [0.25, 0.3) is 15.9 Å². The summed E-state index contributed by atoms with van der Waals surface area (Å²) in [5.74, 6) is -0.347. The van der Waals surface area contributed by atoms with Crippen molar-refractivity contribution in [1.29, 1.82) is 0 Å². The van der Waals surface area contributed by atoms with E-state index in [1.165, 1.54) is 31.0 Å². The van der Waals surface area contributed by atoms with Crippen LogP contribution in [-0.2, 0) is 10.0 Å². The van der Waals surface area contributed by atoms with Crippen LogP contribution in [0.15, 0.2) is 47.4 Å². The molecule has 0 aliphatic heterocycles. The summed E-state index contributed by atoms with van der Waals surface area (Å²) in [6.07, 6.45) is 2.38. The highest BCUT2D eigenvalue weighted by atomic mass is 35.5. The largest absolute Gasteiger partial charge is 0.350 e. The van der Waals surface area contributed by atoms with Gasteiger partial charge in [-0.25, -0.2) is 8.42 Å². The summed E-state index contributed by atoms with van der Waals surface area (Å²) in [5.41, 5.74) is 0.574. The minimum atomic E-state index is -3.97. The average Bonchev–Trinajstić information content (AvgIpc) is 3.52. The Morgan fingerprint density at radius 1 is 1.17 bits per heavy atom. The lowest BCUT2D eigenvalue weighted by atomic mass is 10.2. The van der Waals surface area contributed by atoms with Crippen LogP contribution in [0.5, 0.6) is 0 Å². The maximum atomic E-state index is 12.8. The Balaban J connectivity index is 1.72. The van der Waals surface area contributed by atoms with Crippen molar-refractivity contribution in [3.05, 3.63) is 58.1 Å². The highest BCUT2D eigenvalue weighted by molar-refractivity contribution is 7.92. The fourth-order valence-corrected chi connectivity index (χ4v) is 4.62. The van der Waals surface area contributed by atoms with E-state index in [0.717, 1.165) is 0 Å². The topological polar surface area (TPSA) is 78.5 Å². The summed E-state index contributed by atoms with van der Waals surface area (Å²) in [5, 5.41) is 3.39. The van der Waals surface area contributed by atoms with Crippen LogP contribution in [0.25, 0.3) is 0 Å². The first kappa shape index (κ1) is 21.9. The summed E-state index contributed by atoms with van der Waals surface area (Å²) in [7, 11) is -1.93. The van der Waals surface area contributed by atoms with Crippen molar-refractivity contribution in [3.63, 3.8) is 0 Å². The van der Waals surface area contributed by atoms with Crippen molar-refractivity contribution in [2.75, 3.05) is 18.3 Å². The van der Waals surface area contributed by atoms with Gasteiger partial charge in [0.05, 0.1) is 5.02 Å². The molecule has 0 bridgehead atoms. The first-order chi connectivity index (χ1) is 13.7. The second-order valence-corrected chi connectivity index (χ2v) is 9.71. The molecule has 1 unspecified atom stereocenters. The number of hydrogen-bond acceptors (Lipinski definition) is 4. The maximum absolute atomic E-state index is 12.8. The van der Waals surface area contributed by atoms with Crippen molar-refractivity contribution < 1.29 is 13.2 Å². The maximum Gasteiger partial charge on any atom is 0.263 e. The van der Waals surface area contributed by atoms with Crippen molar-refractivity contribution in [1.82, 2.24) is 10.2 Å². The van der Waals surface area contributed by atoms with E-state index >= 15 is 0 Å². The van der Waals surface area contributed by atoms with Crippen LogP contribution in [0.3, 0.4) is 0 Å². The molecule has 1 saturated carbocycles. The molecule has 2 aromatic rings. The monoisotopic (exact) mass is 455 g/mol. The van der Waals surface area contributed by atoms with Crippen LogP contribution < -0.4 is 10.0 Å². The molecule has 2 N–H and O–H groups in total. The van der Waals surface area contributed by atoms with E-state index in [1.807, 2.05) is 14.0 Å². The molecule has 2 aromatic carbocycles. The van der Waals surface area contributed by atoms with Gasteiger partial charge in [-0.3, -0.25) is 14.4 Å². The number of carbonyl (C=O) groups is 1. The molecule has 6 nitrogen and oxygen atoms in total. The number of nitrogens with zero attached hydrogens (tertiary/aromatic N) is 1. The Labute approximate surface area is 181 Å². The lowest BCUT2D eigenvalue weighted by Crippen LogP contribution is -2.41. The number of amides is 1. The SMILES string of the molecule is CC(CNC(=O)c1ccc(Cl)c(S(=O)(=O)Nc2ccc(Cl)cc2)c1)N(C)C1CC1. The van der Waals surface area contributed by atoms with Gasteiger partial charge >= 0.3 is 0 Å². The molecule has 29 heavy (non-hydrogen) atoms. The predicted molar refractivity (Wildman–Crippen MR) is 116 cm³/mol. The van der Waals surface area contributed by atoms with Gasteiger partial charge in [0, 0.05) is 34.9 Å². The molecule has 9 heteroatoms. The van der Waals surface area contributed by atoms with Gasteiger partial charge in [0.1, 0.15) is 4.90 Å². The Bertz CT molecular complexity index is 993. The zero-order chi connectivity index (χ0) is 21.2. The Morgan fingerprint density at radius 3 is 2.45 bits per heavy atom. The standard InChI is InChI=1S/C20H23Cl2N3O3S/c1-13(25(2)17-8-9-17)12-23-20(26)14-3-10-18(22)19(11-14)29(27,28)24-16-6-4-15(21)5-7-16/h3-7,10-11,13,17,24H,8-9,12H2,1-2H3,(H,23,26). The smallest absolute Gasteiger partial charge is 0.263 e. The number of hydrogen-bond donors (Lipinski definition) is 2. The fourth-order valence-electron chi connectivity index (χ4n) is 2.91. The van der Waals surface area contributed by atoms with Gasteiger partial charge in [0.2, 0.25) is 0 Å². The lowest BCUT2D eigenvalue weighted by molar-refractivity contribution is 0.0939. The number of rotatable bonds is 8. The molecule has 0 radical (unpaired) electrons. The van der Waals surface area contributed by atoms with Gasteiger partial charge in [-0.2, -0.15) is 0 Å². The molecule has 156 valence electrons. The van der Waals surface area contributed by atoms with Crippen LogP contribution >= 0.6 is 23.2 Å². The van der Waals surface area contributed by atoms with Crippen molar-refractivity contribution >= 4 is 44.8 Å².